The zero-order valence-corrected chi connectivity index (χ0v) is 17.3. The van der Waals surface area contributed by atoms with E-state index < -0.39 is 18.5 Å². The van der Waals surface area contributed by atoms with E-state index in [4.69, 9.17) is 13.9 Å². The summed E-state index contributed by atoms with van der Waals surface area (Å²) in [4.78, 5) is 25.1. The van der Waals surface area contributed by atoms with E-state index in [-0.39, 0.29) is 11.8 Å². The van der Waals surface area contributed by atoms with E-state index in [1.54, 1.807) is 20.1 Å². The summed E-state index contributed by atoms with van der Waals surface area (Å²) in [6, 6.07) is 20.1. The van der Waals surface area contributed by atoms with E-state index in [0.29, 0.717) is 12.2 Å². The number of hydrogen-bond acceptors (Lipinski definition) is 6. The van der Waals surface area contributed by atoms with Crippen LogP contribution >= 0.6 is 0 Å². The second kappa shape index (κ2) is 8.87. The third kappa shape index (κ3) is 4.50. The number of carbonyl (C=O) groups excluding carboxylic acids is 2. The Labute approximate surface area is 179 Å². The van der Waals surface area contributed by atoms with Crippen molar-refractivity contribution >= 4 is 17.6 Å². The maximum atomic E-state index is 13.0. The van der Waals surface area contributed by atoms with Crippen LogP contribution < -0.4 is 4.74 Å². The van der Waals surface area contributed by atoms with Crippen LogP contribution in [-0.4, -0.2) is 36.3 Å². The van der Waals surface area contributed by atoms with Gasteiger partial charge >= 0.3 is 5.97 Å². The predicted molar refractivity (Wildman–Crippen MR) is 114 cm³/mol. The van der Waals surface area contributed by atoms with Crippen molar-refractivity contribution in [3.8, 4) is 5.75 Å². The van der Waals surface area contributed by atoms with Crippen LogP contribution in [-0.2, 0) is 9.53 Å². The minimum absolute atomic E-state index is 0.0619. The summed E-state index contributed by atoms with van der Waals surface area (Å²) in [7, 11) is 1.60. The first kappa shape index (κ1) is 20.4. The van der Waals surface area contributed by atoms with E-state index in [0.717, 1.165) is 22.6 Å². The molecule has 3 aromatic rings. The number of hydrazone groups is 1. The van der Waals surface area contributed by atoms with E-state index in [9.17, 15) is 9.59 Å². The molecule has 2 aromatic carbocycles. The second-order valence-corrected chi connectivity index (χ2v) is 7.13. The largest absolute Gasteiger partial charge is 0.497 e. The minimum atomic E-state index is -0.686. The maximum absolute atomic E-state index is 13.0. The normalized spacial score (nSPS) is 15.5. The highest BCUT2D eigenvalue weighted by molar-refractivity contribution is 6.03. The first-order chi connectivity index (χ1) is 15.0. The van der Waals surface area contributed by atoms with Crippen LogP contribution in [0.25, 0.3) is 0 Å². The number of amides is 1. The van der Waals surface area contributed by atoms with Crippen molar-refractivity contribution in [3.05, 3.63) is 89.4 Å². The minimum Gasteiger partial charge on any atom is -0.497 e. The molecular weight excluding hydrogens is 396 g/mol. The molecule has 1 atom stereocenters. The molecule has 1 amide bonds. The van der Waals surface area contributed by atoms with Gasteiger partial charge in [-0.3, -0.25) is 4.79 Å². The van der Waals surface area contributed by atoms with Crippen molar-refractivity contribution < 1.29 is 23.5 Å². The predicted octanol–water partition coefficient (Wildman–Crippen LogP) is 4.13. The maximum Gasteiger partial charge on any atom is 0.374 e. The lowest BCUT2D eigenvalue weighted by molar-refractivity contribution is -0.136. The fourth-order valence-corrected chi connectivity index (χ4v) is 3.44. The van der Waals surface area contributed by atoms with Gasteiger partial charge in [-0.25, -0.2) is 9.80 Å². The molecule has 0 N–H and O–H groups in total. The molecule has 158 valence electrons. The first-order valence-electron chi connectivity index (χ1n) is 9.87. The molecule has 1 aromatic heterocycles. The first-order valence-corrected chi connectivity index (χ1v) is 9.87. The number of carbonyl (C=O) groups is 2. The molecule has 0 spiro atoms. The number of aryl methyl sites for hydroxylation is 1. The highest BCUT2D eigenvalue weighted by Gasteiger charge is 2.33. The van der Waals surface area contributed by atoms with Gasteiger partial charge in [0.2, 0.25) is 5.76 Å². The molecule has 1 aliphatic rings. The van der Waals surface area contributed by atoms with Crippen LogP contribution in [0.1, 0.15) is 39.9 Å². The van der Waals surface area contributed by atoms with Gasteiger partial charge < -0.3 is 13.9 Å². The molecular formula is C24H22N2O5. The molecule has 0 aliphatic carbocycles. The van der Waals surface area contributed by atoms with E-state index in [1.165, 1.54) is 11.1 Å². The smallest absolute Gasteiger partial charge is 0.374 e. The van der Waals surface area contributed by atoms with Crippen LogP contribution in [0.15, 0.2) is 76.2 Å². The Balaban J connectivity index is 1.54. The summed E-state index contributed by atoms with van der Waals surface area (Å²) >= 11 is 0. The Morgan fingerprint density at radius 2 is 1.81 bits per heavy atom. The van der Waals surface area contributed by atoms with Crippen molar-refractivity contribution in [2.75, 3.05) is 13.7 Å². The molecule has 2 heterocycles. The van der Waals surface area contributed by atoms with Gasteiger partial charge in [-0.15, -0.1) is 0 Å². The van der Waals surface area contributed by atoms with Crippen molar-refractivity contribution in [1.82, 2.24) is 5.01 Å². The number of ether oxygens (including phenoxy) is 2. The highest BCUT2D eigenvalue weighted by atomic mass is 16.5. The zero-order valence-electron chi connectivity index (χ0n) is 17.3. The number of furan rings is 1. The SMILES string of the molecule is COc1ccc(C2CC(c3ccccc3)=NN2C(=O)COC(=O)c2ccc(C)o2)cc1. The Hall–Kier alpha value is -3.87. The molecule has 1 aliphatic heterocycles. The quantitative estimate of drug-likeness (QED) is 0.562. The Bertz CT molecular complexity index is 1100. The summed E-state index contributed by atoms with van der Waals surface area (Å²) < 4.78 is 15.6. The van der Waals surface area contributed by atoms with Crippen molar-refractivity contribution in [2.45, 2.75) is 19.4 Å². The molecule has 1 unspecified atom stereocenters. The summed E-state index contributed by atoms with van der Waals surface area (Å²) in [6.07, 6.45) is 0.549. The van der Waals surface area contributed by atoms with Crippen LogP contribution in [0.5, 0.6) is 5.75 Å². The van der Waals surface area contributed by atoms with Gasteiger partial charge in [0.05, 0.1) is 18.9 Å². The van der Waals surface area contributed by atoms with Crippen molar-refractivity contribution in [3.63, 3.8) is 0 Å². The molecule has 0 fully saturated rings. The Kier molecular flexibility index (Phi) is 5.84. The summed E-state index contributed by atoms with van der Waals surface area (Å²) in [5.41, 5.74) is 2.65. The van der Waals surface area contributed by atoms with Crippen LogP contribution in [0.4, 0.5) is 0 Å². The van der Waals surface area contributed by atoms with Gasteiger partial charge in [0.15, 0.2) is 6.61 Å². The molecule has 4 rings (SSSR count). The average Bonchev–Trinajstić information content (AvgIpc) is 3.45. The number of rotatable bonds is 6. The van der Waals surface area contributed by atoms with Crippen LogP contribution in [0, 0.1) is 6.92 Å². The van der Waals surface area contributed by atoms with Gasteiger partial charge in [-0.2, -0.15) is 5.10 Å². The van der Waals surface area contributed by atoms with Gasteiger partial charge in [-0.05, 0) is 42.3 Å². The lowest BCUT2D eigenvalue weighted by Crippen LogP contribution is -2.31. The van der Waals surface area contributed by atoms with Gasteiger partial charge in [0.25, 0.3) is 5.91 Å². The molecule has 31 heavy (non-hydrogen) atoms. The van der Waals surface area contributed by atoms with Crippen molar-refractivity contribution in [2.24, 2.45) is 5.10 Å². The average molecular weight is 418 g/mol. The zero-order chi connectivity index (χ0) is 21.8. The third-order valence-electron chi connectivity index (χ3n) is 5.04. The number of esters is 1. The van der Waals surface area contributed by atoms with E-state index in [1.807, 2.05) is 54.6 Å². The highest BCUT2D eigenvalue weighted by Crippen LogP contribution is 2.33. The van der Waals surface area contributed by atoms with Crippen LogP contribution in [0.2, 0.25) is 0 Å². The second-order valence-electron chi connectivity index (χ2n) is 7.13. The lowest BCUT2D eigenvalue weighted by atomic mass is 9.98. The number of hydrogen-bond donors (Lipinski definition) is 0. The fourth-order valence-electron chi connectivity index (χ4n) is 3.44. The standard InChI is InChI=1S/C24H22N2O5/c1-16-8-13-22(31-16)24(28)30-15-23(27)26-21(18-9-11-19(29-2)12-10-18)14-20(25-26)17-6-4-3-5-7-17/h3-13,21H,14-15H2,1-2H3. The summed E-state index contributed by atoms with van der Waals surface area (Å²) in [6.45, 7) is 1.29. The number of methoxy groups -OCH3 is 1. The fraction of sp³-hybridized carbons (Fsp3) is 0.208. The number of nitrogens with zero attached hydrogens (tertiary/aromatic N) is 2. The van der Waals surface area contributed by atoms with E-state index >= 15 is 0 Å². The Morgan fingerprint density at radius 3 is 2.45 bits per heavy atom. The topological polar surface area (TPSA) is 81.3 Å². The summed E-state index contributed by atoms with van der Waals surface area (Å²) in [5, 5.41) is 5.96. The monoisotopic (exact) mass is 418 g/mol. The lowest BCUT2D eigenvalue weighted by Gasteiger charge is -2.22. The molecule has 7 heteroatoms. The number of benzene rings is 2. The third-order valence-corrected chi connectivity index (χ3v) is 5.04. The molecule has 0 radical (unpaired) electrons. The van der Waals surface area contributed by atoms with Crippen molar-refractivity contribution in [1.29, 1.82) is 0 Å². The Morgan fingerprint density at radius 1 is 1.06 bits per heavy atom. The molecule has 0 saturated carbocycles. The molecule has 7 nitrogen and oxygen atoms in total. The summed E-state index contributed by atoms with van der Waals surface area (Å²) in [5.74, 6) is 0.283. The molecule has 0 bridgehead atoms. The molecule has 0 saturated heterocycles. The van der Waals surface area contributed by atoms with Crippen LogP contribution in [0.3, 0.4) is 0 Å². The van der Waals surface area contributed by atoms with E-state index in [2.05, 4.69) is 5.10 Å². The van der Waals surface area contributed by atoms with Gasteiger partial charge in [0.1, 0.15) is 11.5 Å². The van der Waals surface area contributed by atoms with Gasteiger partial charge in [0, 0.05) is 6.42 Å². The van der Waals surface area contributed by atoms with Gasteiger partial charge in [-0.1, -0.05) is 42.5 Å².